The van der Waals surface area contributed by atoms with Crippen LogP contribution in [0.4, 0.5) is 0 Å². The second kappa shape index (κ2) is 16.2. The Labute approximate surface area is 197 Å². The van der Waals surface area contributed by atoms with Crippen LogP contribution in [0.5, 0.6) is 0 Å². The van der Waals surface area contributed by atoms with Gasteiger partial charge in [-0.05, 0) is 41.1 Å². The Morgan fingerprint density at radius 1 is 0.710 bits per heavy atom. The maximum atomic E-state index is 6.14. The maximum Gasteiger partial charge on any atom is 0.115 e. The van der Waals surface area contributed by atoms with Crippen molar-refractivity contribution in [2.24, 2.45) is 0 Å². The fourth-order valence-corrected chi connectivity index (χ4v) is 11.6. The van der Waals surface area contributed by atoms with Gasteiger partial charge in [-0.25, -0.2) is 0 Å². The van der Waals surface area contributed by atoms with E-state index in [1.54, 1.807) is 0 Å². The van der Waals surface area contributed by atoms with Crippen molar-refractivity contribution in [2.45, 2.75) is 155 Å². The first-order chi connectivity index (χ1) is 14.9. The molecule has 0 saturated carbocycles. The first-order valence-electron chi connectivity index (χ1n) is 13.9. The van der Waals surface area contributed by atoms with Crippen LogP contribution in [-0.4, -0.2) is 14.7 Å². The SMILES string of the molecule is CCCCCCCCCCCCCCCC1=CCO/C1=C\[Si](C(C)C)(C(C)C)C(C)C. The number of allylic oxidation sites excluding steroid dienone is 1. The van der Waals surface area contributed by atoms with Gasteiger partial charge in [0.15, 0.2) is 0 Å². The fourth-order valence-electron chi connectivity index (χ4n) is 5.85. The van der Waals surface area contributed by atoms with Crippen LogP contribution in [0.2, 0.25) is 16.6 Å². The van der Waals surface area contributed by atoms with E-state index >= 15 is 0 Å². The van der Waals surface area contributed by atoms with Gasteiger partial charge in [-0.1, -0.05) is 131 Å². The molecule has 0 aromatic heterocycles. The molecule has 0 spiro atoms. The molecule has 0 aromatic carbocycles. The molecule has 182 valence electrons. The summed E-state index contributed by atoms with van der Waals surface area (Å²) in [6.07, 6.45) is 22.1. The molecule has 31 heavy (non-hydrogen) atoms. The van der Waals surface area contributed by atoms with Crippen LogP contribution >= 0.6 is 0 Å². The predicted molar refractivity (Wildman–Crippen MR) is 143 cm³/mol. The molecule has 0 aliphatic carbocycles. The van der Waals surface area contributed by atoms with E-state index in [-0.39, 0.29) is 0 Å². The average Bonchev–Trinajstić information content (AvgIpc) is 3.15. The highest BCUT2D eigenvalue weighted by atomic mass is 28.3. The van der Waals surface area contributed by atoms with Crippen LogP contribution in [0.15, 0.2) is 23.1 Å². The van der Waals surface area contributed by atoms with E-state index in [4.69, 9.17) is 4.74 Å². The summed E-state index contributed by atoms with van der Waals surface area (Å²) in [5.74, 6) is 1.25. The van der Waals surface area contributed by atoms with Gasteiger partial charge in [0.05, 0.1) is 8.07 Å². The second-order valence-electron chi connectivity index (χ2n) is 11.0. The standard InChI is InChI=1S/C29H56OSi/c1-8-9-10-11-12-13-14-15-16-17-18-19-20-21-28-22-23-30-29(28)24-31(25(2)3,26(4)5)27(6)7/h22,24-27H,8-21,23H2,1-7H3/b29-24-. The Kier molecular flexibility index (Phi) is 14.9. The lowest BCUT2D eigenvalue weighted by Crippen LogP contribution is -2.43. The van der Waals surface area contributed by atoms with Crippen molar-refractivity contribution in [1.82, 2.24) is 0 Å². The minimum absolute atomic E-state index is 0.752. The van der Waals surface area contributed by atoms with Gasteiger partial charge < -0.3 is 4.74 Å². The molecule has 0 saturated heterocycles. The topological polar surface area (TPSA) is 9.23 Å². The molecule has 0 fully saturated rings. The minimum atomic E-state index is -1.55. The molecule has 1 aliphatic rings. The monoisotopic (exact) mass is 448 g/mol. The van der Waals surface area contributed by atoms with Crippen molar-refractivity contribution in [2.75, 3.05) is 6.61 Å². The van der Waals surface area contributed by atoms with Crippen LogP contribution in [0, 0.1) is 0 Å². The molecule has 0 atom stereocenters. The average molecular weight is 449 g/mol. The van der Waals surface area contributed by atoms with E-state index in [9.17, 15) is 0 Å². The lowest BCUT2D eigenvalue weighted by atomic mass is 10.0. The van der Waals surface area contributed by atoms with Gasteiger partial charge in [0.25, 0.3) is 0 Å². The Balaban J connectivity index is 2.28. The quantitative estimate of drug-likeness (QED) is 0.150. The van der Waals surface area contributed by atoms with Gasteiger partial charge in [-0.15, -0.1) is 0 Å². The zero-order valence-corrected chi connectivity index (χ0v) is 23.4. The molecule has 0 unspecified atom stereocenters. The van der Waals surface area contributed by atoms with E-state index in [1.165, 1.54) is 101 Å². The van der Waals surface area contributed by atoms with Crippen molar-refractivity contribution >= 4 is 8.07 Å². The normalized spacial score (nSPS) is 16.1. The summed E-state index contributed by atoms with van der Waals surface area (Å²) in [5.41, 5.74) is 6.40. The molecule has 1 aliphatic heterocycles. The number of rotatable bonds is 18. The molecule has 0 N–H and O–H groups in total. The second-order valence-corrected chi connectivity index (χ2v) is 16.8. The summed E-state index contributed by atoms with van der Waals surface area (Å²) < 4.78 is 6.14. The van der Waals surface area contributed by atoms with Crippen molar-refractivity contribution < 1.29 is 4.74 Å². The van der Waals surface area contributed by atoms with Crippen LogP contribution in [0.25, 0.3) is 0 Å². The number of ether oxygens (including phenoxy) is 1. The van der Waals surface area contributed by atoms with E-state index in [0.29, 0.717) is 0 Å². The molecule has 0 bridgehead atoms. The highest BCUT2D eigenvalue weighted by Crippen LogP contribution is 2.44. The fraction of sp³-hybridized carbons (Fsp3) is 0.862. The van der Waals surface area contributed by atoms with Crippen LogP contribution < -0.4 is 0 Å². The van der Waals surface area contributed by atoms with Gasteiger partial charge in [-0.3, -0.25) is 0 Å². The zero-order chi connectivity index (χ0) is 23.1. The lowest BCUT2D eigenvalue weighted by Gasteiger charge is -2.41. The Morgan fingerprint density at radius 2 is 1.13 bits per heavy atom. The van der Waals surface area contributed by atoms with E-state index in [0.717, 1.165) is 23.2 Å². The Bertz CT molecular complexity index is 493. The van der Waals surface area contributed by atoms with Crippen molar-refractivity contribution in [3.63, 3.8) is 0 Å². The summed E-state index contributed by atoms with van der Waals surface area (Å²) in [5, 5.41) is 0. The van der Waals surface area contributed by atoms with Crippen molar-refractivity contribution in [1.29, 1.82) is 0 Å². The van der Waals surface area contributed by atoms with Gasteiger partial charge >= 0.3 is 0 Å². The highest BCUT2D eigenvalue weighted by molar-refractivity contribution is 6.88. The largest absolute Gasteiger partial charge is 0.490 e. The van der Waals surface area contributed by atoms with Crippen molar-refractivity contribution in [3.8, 4) is 0 Å². The van der Waals surface area contributed by atoms with Gasteiger partial charge in [0.1, 0.15) is 12.4 Å². The molecule has 0 amide bonds. The number of hydrogen-bond donors (Lipinski definition) is 0. The molecule has 1 nitrogen and oxygen atoms in total. The molecular weight excluding hydrogens is 392 g/mol. The third kappa shape index (κ3) is 9.89. The smallest absolute Gasteiger partial charge is 0.115 e. The Hall–Kier alpha value is -0.503. The first-order valence-corrected chi connectivity index (χ1v) is 16.2. The molecule has 1 rings (SSSR count). The van der Waals surface area contributed by atoms with Crippen molar-refractivity contribution in [3.05, 3.63) is 23.1 Å². The molecule has 1 heterocycles. The van der Waals surface area contributed by atoms with E-state index in [1.807, 2.05) is 0 Å². The summed E-state index contributed by atoms with van der Waals surface area (Å²) in [6.45, 7) is 17.7. The molecular formula is C29H56OSi. The lowest BCUT2D eigenvalue weighted by molar-refractivity contribution is 0.275. The first kappa shape index (κ1) is 28.5. The highest BCUT2D eigenvalue weighted by Gasteiger charge is 2.42. The predicted octanol–water partition coefficient (Wildman–Crippen LogP) is 10.5. The third-order valence-corrected chi connectivity index (χ3v) is 14.6. The maximum absolute atomic E-state index is 6.14. The summed E-state index contributed by atoms with van der Waals surface area (Å²) >= 11 is 0. The van der Waals surface area contributed by atoms with E-state index in [2.05, 4.69) is 60.2 Å². The van der Waals surface area contributed by atoms with E-state index < -0.39 is 8.07 Å². The minimum Gasteiger partial charge on any atom is -0.490 e. The summed E-state index contributed by atoms with van der Waals surface area (Å²) in [6, 6.07) is 0. The summed E-state index contributed by atoms with van der Waals surface area (Å²) in [4.78, 5) is 0. The number of unbranched alkanes of at least 4 members (excludes halogenated alkanes) is 12. The summed E-state index contributed by atoms with van der Waals surface area (Å²) in [7, 11) is -1.55. The van der Waals surface area contributed by atoms with Gasteiger partial charge in [0, 0.05) is 0 Å². The zero-order valence-electron chi connectivity index (χ0n) is 22.4. The number of hydrogen-bond acceptors (Lipinski definition) is 1. The van der Waals surface area contributed by atoms with Crippen LogP contribution in [0.3, 0.4) is 0 Å². The van der Waals surface area contributed by atoms with Gasteiger partial charge in [0.2, 0.25) is 0 Å². The molecule has 0 aromatic rings. The third-order valence-electron chi connectivity index (χ3n) is 7.82. The van der Waals surface area contributed by atoms with Crippen LogP contribution in [-0.2, 0) is 4.74 Å². The van der Waals surface area contributed by atoms with Crippen LogP contribution in [0.1, 0.15) is 138 Å². The molecule has 0 radical (unpaired) electrons. The Morgan fingerprint density at radius 3 is 1.55 bits per heavy atom. The van der Waals surface area contributed by atoms with Gasteiger partial charge in [-0.2, -0.15) is 0 Å². The molecule has 2 heteroatoms.